The van der Waals surface area contributed by atoms with Gasteiger partial charge in [0.2, 0.25) is 0 Å². The Kier molecular flexibility index (Phi) is 3.63. The number of aliphatic imine (C=N–C) groups is 1. The summed E-state index contributed by atoms with van der Waals surface area (Å²) in [5.41, 5.74) is 4.41. The molecule has 2 fully saturated rings. The minimum atomic E-state index is -1.01. The van der Waals surface area contributed by atoms with Crippen LogP contribution in [0.4, 0.5) is 5.69 Å². The number of isothiocyanates is 1. The van der Waals surface area contributed by atoms with Gasteiger partial charge in [-0.15, -0.1) is 0 Å². The molecule has 1 aromatic heterocycles. The number of aromatic nitrogens is 1. The lowest BCUT2D eigenvalue weighted by atomic mass is 9.49. The van der Waals surface area contributed by atoms with Crippen LogP contribution in [0.3, 0.4) is 0 Å². The topological polar surface area (TPSA) is 81.1 Å². The van der Waals surface area contributed by atoms with E-state index in [0.29, 0.717) is 12.2 Å². The first-order valence-electron chi connectivity index (χ1n) is 12.2. The molecule has 1 saturated heterocycles. The van der Waals surface area contributed by atoms with Crippen LogP contribution in [0.2, 0.25) is 0 Å². The zero-order valence-corrected chi connectivity index (χ0v) is 19.5. The lowest BCUT2D eigenvalue weighted by Gasteiger charge is -2.62. The van der Waals surface area contributed by atoms with E-state index in [9.17, 15) is 10.2 Å². The van der Waals surface area contributed by atoms with Crippen molar-refractivity contribution >= 4 is 34.0 Å². The number of aliphatic hydroxyl groups is 1. The highest BCUT2D eigenvalue weighted by molar-refractivity contribution is 7.78. The van der Waals surface area contributed by atoms with E-state index in [0.717, 1.165) is 65.3 Å². The fourth-order valence-electron chi connectivity index (χ4n) is 7.81. The third-order valence-electron chi connectivity index (χ3n) is 9.33. The summed E-state index contributed by atoms with van der Waals surface area (Å²) in [5.74, 6) is 1.46. The summed E-state index contributed by atoms with van der Waals surface area (Å²) in [6.45, 7) is 1.99. The molecule has 0 radical (unpaired) electrons. The van der Waals surface area contributed by atoms with Crippen LogP contribution in [0, 0.1) is 5.92 Å². The highest BCUT2D eigenvalue weighted by Gasteiger charge is 2.72. The van der Waals surface area contributed by atoms with E-state index in [4.69, 9.17) is 17.0 Å². The van der Waals surface area contributed by atoms with Crippen molar-refractivity contribution in [1.29, 1.82) is 0 Å². The highest BCUT2D eigenvalue weighted by Crippen LogP contribution is 2.69. The fourth-order valence-corrected chi connectivity index (χ4v) is 7.90. The molecule has 3 aliphatic carbocycles. The summed E-state index contributed by atoms with van der Waals surface area (Å²) < 4.78 is 6.63. The first kappa shape index (κ1) is 19.6. The molecular formula is C27H25N3O3S. The van der Waals surface area contributed by atoms with Gasteiger partial charge in [0.15, 0.2) is 17.6 Å². The molecule has 3 N–H and O–H groups in total. The molecule has 0 amide bonds. The lowest BCUT2D eigenvalue weighted by Crippen LogP contribution is -2.74. The summed E-state index contributed by atoms with van der Waals surface area (Å²) in [6.07, 6.45) is 4.29. The second-order valence-electron chi connectivity index (χ2n) is 10.8. The van der Waals surface area contributed by atoms with Crippen LogP contribution in [0.1, 0.15) is 47.8 Å². The molecule has 7 heteroatoms. The number of aromatic hydroxyl groups is 1. The number of hydrogen-bond acceptors (Lipinski definition) is 6. The van der Waals surface area contributed by atoms with Crippen LogP contribution in [-0.2, 0) is 18.3 Å². The molecule has 5 aliphatic rings. The summed E-state index contributed by atoms with van der Waals surface area (Å²) in [5, 5.41) is 27.2. The standard InChI is InChI=1S/C27H25N3O3S/c31-19-7-6-15-10-20-27(32)11-16-21-17(28-13-34)2-1-3-18(21)29-23(16)25-26(27,22(15)24(19)33-25)8-9-30(20)12-14-4-5-14/h1-3,6-7,14,20,25,29,31-32H,4-5,8-12H2/t20-,25-,26-,27+/m0/s1. The maximum atomic E-state index is 12.9. The van der Waals surface area contributed by atoms with Crippen molar-refractivity contribution in [1.82, 2.24) is 9.88 Å². The van der Waals surface area contributed by atoms with E-state index in [1.54, 1.807) is 6.07 Å². The first-order chi connectivity index (χ1) is 16.5. The molecule has 3 aromatic rings. The van der Waals surface area contributed by atoms with Crippen LogP contribution in [-0.4, -0.2) is 50.0 Å². The summed E-state index contributed by atoms with van der Waals surface area (Å²) in [7, 11) is 0. The number of hydrogen-bond donors (Lipinski definition) is 3. The number of ether oxygens (including phenoxy) is 1. The minimum absolute atomic E-state index is 0.00946. The Balaban J connectivity index is 1.43. The zero-order valence-electron chi connectivity index (χ0n) is 18.7. The van der Waals surface area contributed by atoms with Gasteiger partial charge in [-0.2, -0.15) is 4.99 Å². The molecule has 3 heterocycles. The Bertz CT molecular complexity index is 1460. The summed E-state index contributed by atoms with van der Waals surface area (Å²) in [4.78, 5) is 10.5. The SMILES string of the molecule is Oc1ccc2c3c1O[C@H]1c4[nH]c5cccc(N=C=S)c5c4C[C@@]4(O)[C@H](C2)N(CC2CC2)CC[C@]314. The Morgan fingerprint density at radius 3 is 2.97 bits per heavy atom. The number of nitrogens with zero attached hydrogens (tertiary/aromatic N) is 2. The molecule has 1 saturated carbocycles. The average Bonchev–Trinajstić information content (AvgIpc) is 3.45. The van der Waals surface area contributed by atoms with Crippen LogP contribution in [0.5, 0.6) is 11.5 Å². The number of fused-ring (bicyclic) bond motifs is 4. The van der Waals surface area contributed by atoms with Gasteiger partial charge in [0, 0.05) is 35.5 Å². The monoisotopic (exact) mass is 471 g/mol. The number of thiocarbonyl (C=S) groups is 1. The third-order valence-corrected chi connectivity index (χ3v) is 9.42. The maximum Gasteiger partial charge on any atom is 0.166 e. The Morgan fingerprint density at radius 2 is 2.15 bits per heavy atom. The number of rotatable bonds is 3. The molecule has 2 aromatic carbocycles. The predicted octanol–water partition coefficient (Wildman–Crippen LogP) is 4.31. The second-order valence-corrected chi connectivity index (χ2v) is 11.0. The molecular weight excluding hydrogens is 446 g/mol. The number of nitrogens with one attached hydrogen (secondary N) is 1. The Hall–Kier alpha value is -2.70. The summed E-state index contributed by atoms with van der Waals surface area (Å²) in [6, 6.07) is 9.75. The van der Waals surface area contributed by atoms with E-state index in [1.165, 1.54) is 18.4 Å². The molecule has 0 unspecified atom stereocenters. The molecule has 2 aliphatic heterocycles. The number of benzene rings is 2. The number of piperidine rings is 1. The van der Waals surface area contributed by atoms with Gasteiger partial charge in [-0.05, 0) is 79.7 Å². The van der Waals surface area contributed by atoms with Crippen molar-refractivity contribution in [2.24, 2.45) is 10.9 Å². The first-order valence-corrected chi connectivity index (χ1v) is 12.7. The molecule has 2 bridgehead atoms. The zero-order chi connectivity index (χ0) is 22.8. The van der Waals surface area contributed by atoms with Crippen LogP contribution >= 0.6 is 12.2 Å². The number of phenols is 1. The van der Waals surface area contributed by atoms with Gasteiger partial charge in [-0.3, -0.25) is 4.90 Å². The second kappa shape index (κ2) is 6.29. The van der Waals surface area contributed by atoms with Crippen LogP contribution in [0.15, 0.2) is 35.3 Å². The molecule has 6 nitrogen and oxygen atoms in total. The van der Waals surface area contributed by atoms with Crippen molar-refractivity contribution in [2.45, 2.75) is 55.3 Å². The Labute approximate surface area is 202 Å². The van der Waals surface area contributed by atoms with Crippen molar-refractivity contribution in [2.75, 3.05) is 13.1 Å². The van der Waals surface area contributed by atoms with Gasteiger partial charge in [0.05, 0.1) is 27.6 Å². The smallest absolute Gasteiger partial charge is 0.166 e. The maximum absolute atomic E-state index is 12.9. The van der Waals surface area contributed by atoms with E-state index in [-0.39, 0.29) is 17.9 Å². The average molecular weight is 472 g/mol. The lowest BCUT2D eigenvalue weighted by molar-refractivity contribution is -0.173. The number of H-pyrrole nitrogens is 1. The highest BCUT2D eigenvalue weighted by atomic mass is 32.1. The van der Waals surface area contributed by atoms with E-state index in [1.807, 2.05) is 24.3 Å². The molecule has 4 atom stereocenters. The molecule has 8 rings (SSSR count). The van der Waals surface area contributed by atoms with Gasteiger partial charge in [0.1, 0.15) is 0 Å². The van der Waals surface area contributed by atoms with Crippen LogP contribution in [0.25, 0.3) is 10.9 Å². The van der Waals surface area contributed by atoms with Gasteiger partial charge in [-0.1, -0.05) is 12.1 Å². The molecule has 172 valence electrons. The normalized spacial score (nSPS) is 32.6. The van der Waals surface area contributed by atoms with Crippen LogP contribution < -0.4 is 4.74 Å². The number of likely N-dealkylation sites (tertiary alicyclic amines) is 1. The summed E-state index contributed by atoms with van der Waals surface area (Å²) >= 11 is 4.93. The number of aromatic amines is 1. The van der Waals surface area contributed by atoms with Gasteiger partial charge >= 0.3 is 0 Å². The van der Waals surface area contributed by atoms with Crippen molar-refractivity contribution in [3.63, 3.8) is 0 Å². The molecule has 1 spiro atoms. The van der Waals surface area contributed by atoms with E-state index in [2.05, 4.69) is 20.0 Å². The number of phenolic OH excluding ortho intramolecular Hbond substituents is 1. The third kappa shape index (κ3) is 2.16. The van der Waals surface area contributed by atoms with E-state index < -0.39 is 11.0 Å². The van der Waals surface area contributed by atoms with Gasteiger partial charge in [-0.25, -0.2) is 0 Å². The van der Waals surface area contributed by atoms with Gasteiger partial charge in [0.25, 0.3) is 0 Å². The van der Waals surface area contributed by atoms with Gasteiger partial charge < -0.3 is 19.9 Å². The molecule has 34 heavy (non-hydrogen) atoms. The van der Waals surface area contributed by atoms with Crippen molar-refractivity contribution < 1.29 is 14.9 Å². The van der Waals surface area contributed by atoms with Crippen molar-refractivity contribution in [3.05, 3.63) is 52.7 Å². The van der Waals surface area contributed by atoms with E-state index >= 15 is 0 Å². The fraction of sp³-hybridized carbons (Fsp3) is 0.444. The predicted molar refractivity (Wildman–Crippen MR) is 131 cm³/mol. The largest absolute Gasteiger partial charge is 0.504 e. The Morgan fingerprint density at radius 1 is 1.26 bits per heavy atom. The quantitative estimate of drug-likeness (QED) is 0.392. The minimum Gasteiger partial charge on any atom is -0.504 e. The van der Waals surface area contributed by atoms with Crippen molar-refractivity contribution in [3.8, 4) is 11.5 Å².